The highest BCUT2D eigenvalue weighted by Crippen LogP contribution is 2.18. The zero-order valence-corrected chi connectivity index (χ0v) is 13.8. The third-order valence-electron chi connectivity index (χ3n) is 4.49. The van der Waals surface area contributed by atoms with E-state index in [1.807, 2.05) is 18.3 Å². The van der Waals surface area contributed by atoms with Gasteiger partial charge in [-0.25, -0.2) is 4.98 Å². The number of nitrogens with zero attached hydrogens (tertiary/aromatic N) is 3. The molecule has 1 aromatic rings. The van der Waals surface area contributed by atoms with Crippen molar-refractivity contribution >= 4 is 11.6 Å². The molecule has 1 aliphatic rings. The van der Waals surface area contributed by atoms with Crippen molar-refractivity contribution in [3.05, 3.63) is 29.0 Å². The van der Waals surface area contributed by atoms with Crippen molar-refractivity contribution < 1.29 is 5.11 Å². The maximum Gasteiger partial charge on any atom is 0.129 e. The van der Waals surface area contributed by atoms with Gasteiger partial charge in [0.05, 0.1) is 5.60 Å². The van der Waals surface area contributed by atoms with E-state index >= 15 is 0 Å². The number of hydrogen-bond donors (Lipinski definition) is 1. The fraction of sp³-hybridized carbons (Fsp3) is 0.688. The lowest BCUT2D eigenvalue weighted by Gasteiger charge is -2.39. The van der Waals surface area contributed by atoms with Gasteiger partial charge in [-0.15, -0.1) is 0 Å². The molecule has 1 aromatic heterocycles. The summed E-state index contributed by atoms with van der Waals surface area (Å²) < 4.78 is 0. The van der Waals surface area contributed by atoms with E-state index in [9.17, 15) is 5.11 Å². The Morgan fingerprint density at radius 1 is 1.14 bits per heavy atom. The molecule has 0 amide bonds. The largest absolute Gasteiger partial charge is 0.389 e. The minimum Gasteiger partial charge on any atom is -0.389 e. The molecule has 4 nitrogen and oxygen atoms in total. The van der Waals surface area contributed by atoms with Crippen LogP contribution >= 0.6 is 11.6 Å². The highest BCUT2D eigenvalue weighted by atomic mass is 35.5. The SMILES string of the molecule is CCC(O)(CC)CN1CCN(Cc2ccc(Cl)nc2)CC1. The lowest BCUT2D eigenvalue weighted by molar-refractivity contribution is -0.0161. The van der Waals surface area contributed by atoms with Gasteiger partial charge in [-0.05, 0) is 24.5 Å². The van der Waals surface area contributed by atoms with Gasteiger partial charge in [0.25, 0.3) is 0 Å². The molecule has 0 spiro atoms. The average Bonchev–Trinajstić information content (AvgIpc) is 2.51. The maximum atomic E-state index is 10.4. The topological polar surface area (TPSA) is 39.6 Å². The molecular formula is C16H26ClN3O. The highest BCUT2D eigenvalue weighted by molar-refractivity contribution is 6.29. The van der Waals surface area contributed by atoms with Crippen LogP contribution in [0.5, 0.6) is 0 Å². The summed E-state index contributed by atoms with van der Waals surface area (Å²) in [6.45, 7) is 9.94. The summed E-state index contributed by atoms with van der Waals surface area (Å²) in [7, 11) is 0. The van der Waals surface area contributed by atoms with E-state index in [1.54, 1.807) is 0 Å². The van der Waals surface area contributed by atoms with Gasteiger partial charge in [0.15, 0.2) is 0 Å². The van der Waals surface area contributed by atoms with Crippen LogP contribution in [0.4, 0.5) is 0 Å². The number of pyridine rings is 1. The molecule has 0 aromatic carbocycles. The minimum absolute atomic E-state index is 0.526. The fourth-order valence-electron chi connectivity index (χ4n) is 2.75. The highest BCUT2D eigenvalue weighted by Gasteiger charge is 2.27. The van der Waals surface area contributed by atoms with Crippen molar-refractivity contribution in [2.45, 2.75) is 38.8 Å². The van der Waals surface area contributed by atoms with Crippen LogP contribution in [0.15, 0.2) is 18.3 Å². The van der Waals surface area contributed by atoms with Gasteiger partial charge >= 0.3 is 0 Å². The van der Waals surface area contributed by atoms with Gasteiger partial charge in [0.1, 0.15) is 5.15 Å². The number of aliphatic hydroxyl groups is 1. The molecule has 0 radical (unpaired) electrons. The van der Waals surface area contributed by atoms with Crippen molar-refractivity contribution in [1.29, 1.82) is 0 Å². The number of halogens is 1. The smallest absolute Gasteiger partial charge is 0.129 e. The van der Waals surface area contributed by atoms with Gasteiger partial charge in [-0.1, -0.05) is 31.5 Å². The Morgan fingerprint density at radius 3 is 2.29 bits per heavy atom. The second-order valence-electron chi connectivity index (χ2n) is 5.97. The van der Waals surface area contributed by atoms with Crippen LogP contribution in [0.25, 0.3) is 0 Å². The summed E-state index contributed by atoms with van der Waals surface area (Å²) in [5, 5.41) is 11.0. The Morgan fingerprint density at radius 2 is 1.76 bits per heavy atom. The van der Waals surface area contributed by atoms with Crippen molar-refractivity contribution in [2.75, 3.05) is 32.7 Å². The predicted octanol–water partition coefficient (Wildman–Crippen LogP) is 2.40. The lowest BCUT2D eigenvalue weighted by Crippen LogP contribution is -2.51. The van der Waals surface area contributed by atoms with Gasteiger partial charge < -0.3 is 5.11 Å². The number of hydrogen-bond acceptors (Lipinski definition) is 4. The molecule has 118 valence electrons. The number of piperazine rings is 1. The van der Waals surface area contributed by atoms with Gasteiger partial charge in [0, 0.05) is 45.5 Å². The molecule has 0 bridgehead atoms. The van der Waals surface area contributed by atoms with Gasteiger partial charge in [-0.2, -0.15) is 0 Å². The molecule has 0 atom stereocenters. The van der Waals surface area contributed by atoms with Crippen LogP contribution in [0.1, 0.15) is 32.3 Å². The van der Waals surface area contributed by atoms with Gasteiger partial charge in [-0.3, -0.25) is 9.80 Å². The third-order valence-corrected chi connectivity index (χ3v) is 4.72. The van der Waals surface area contributed by atoms with Crippen LogP contribution in [0.3, 0.4) is 0 Å². The zero-order valence-electron chi connectivity index (χ0n) is 13.1. The number of aromatic nitrogens is 1. The Labute approximate surface area is 132 Å². The van der Waals surface area contributed by atoms with Crippen molar-refractivity contribution in [1.82, 2.24) is 14.8 Å². The molecule has 5 heteroatoms. The molecule has 2 heterocycles. The molecule has 2 rings (SSSR count). The predicted molar refractivity (Wildman–Crippen MR) is 86.5 cm³/mol. The van der Waals surface area contributed by atoms with Crippen LogP contribution in [0, 0.1) is 0 Å². The van der Waals surface area contributed by atoms with E-state index in [1.165, 1.54) is 5.56 Å². The average molecular weight is 312 g/mol. The molecule has 0 saturated carbocycles. The molecule has 1 N–H and O–H groups in total. The molecule has 1 aliphatic heterocycles. The standard InChI is InChI=1S/C16H26ClN3O/c1-3-16(21,4-2)13-20-9-7-19(8-10-20)12-14-5-6-15(17)18-11-14/h5-6,11,21H,3-4,7-10,12-13H2,1-2H3. The molecule has 0 unspecified atom stereocenters. The third kappa shape index (κ3) is 4.92. The lowest BCUT2D eigenvalue weighted by atomic mass is 9.96. The first-order valence-electron chi connectivity index (χ1n) is 7.82. The van der Waals surface area contributed by atoms with E-state index in [0.717, 1.165) is 52.1 Å². The van der Waals surface area contributed by atoms with Crippen molar-refractivity contribution in [2.24, 2.45) is 0 Å². The minimum atomic E-state index is -0.526. The number of rotatable bonds is 6. The molecule has 1 fully saturated rings. The van der Waals surface area contributed by atoms with E-state index in [4.69, 9.17) is 11.6 Å². The fourth-order valence-corrected chi connectivity index (χ4v) is 2.87. The molecular weight excluding hydrogens is 286 g/mol. The Kier molecular flexibility index (Phi) is 5.99. The quantitative estimate of drug-likeness (QED) is 0.819. The monoisotopic (exact) mass is 311 g/mol. The van der Waals surface area contributed by atoms with Crippen molar-refractivity contribution in [3.8, 4) is 0 Å². The normalized spacial score (nSPS) is 18.1. The second-order valence-corrected chi connectivity index (χ2v) is 6.36. The molecule has 21 heavy (non-hydrogen) atoms. The van der Waals surface area contributed by atoms with Crippen LogP contribution in [-0.4, -0.2) is 58.2 Å². The zero-order chi connectivity index (χ0) is 15.3. The Bertz CT molecular complexity index is 426. The van der Waals surface area contributed by atoms with E-state index in [0.29, 0.717) is 5.15 Å². The molecule has 0 aliphatic carbocycles. The molecule has 1 saturated heterocycles. The number of β-amino-alcohol motifs (C(OH)–C–C–N with tert-alkyl or cyclic N) is 1. The first-order chi connectivity index (χ1) is 10.0. The summed E-state index contributed by atoms with van der Waals surface area (Å²) in [6, 6.07) is 3.88. The van der Waals surface area contributed by atoms with E-state index < -0.39 is 5.60 Å². The first-order valence-corrected chi connectivity index (χ1v) is 8.20. The summed E-state index contributed by atoms with van der Waals surface area (Å²) >= 11 is 5.81. The summed E-state index contributed by atoms with van der Waals surface area (Å²) in [4.78, 5) is 8.93. The van der Waals surface area contributed by atoms with E-state index in [-0.39, 0.29) is 0 Å². The Hall–Kier alpha value is -0.680. The van der Waals surface area contributed by atoms with Gasteiger partial charge in [0.2, 0.25) is 0 Å². The van der Waals surface area contributed by atoms with Crippen molar-refractivity contribution in [3.63, 3.8) is 0 Å². The summed E-state index contributed by atoms with van der Waals surface area (Å²) in [6.07, 6.45) is 3.49. The second kappa shape index (κ2) is 7.54. The van der Waals surface area contributed by atoms with E-state index in [2.05, 4.69) is 28.6 Å². The maximum absolute atomic E-state index is 10.4. The van der Waals surface area contributed by atoms with Crippen LogP contribution in [-0.2, 0) is 6.54 Å². The van der Waals surface area contributed by atoms with Crippen LogP contribution < -0.4 is 0 Å². The summed E-state index contributed by atoms with van der Waals surface area (Å²) in [5.74, 6) is 0. The summed E-state index contributed by atoms with van der Waals surface area (Å²) in [5.41, 5.74) is 0.675. The first kappa shape index (κ1) is 16.7. The Balaban J connectivity index is 1.79. The van der Waals surface area contributed by atoms with Crippen LogP contribution in [0.2, 0.25) is 5.15 Å².